The average molecular weight is 190 g/mol. The zero-order chi connectivity index (χ0) is 10.1. The number of hydrogen-bond acceptors (Lipinski definition) is 4. The quantitative estimate of drug-likeness (QED) is 0.446. The molecule has 0 unspecified atom stereocenters. The molecule has 0 saturated heterocycles. The van der Waals surface area contributed by atoms with Crippen molar-refractivity contribution in [1.82, 2.24) is 5.32 Å². The van der Waals surface area contributed by atoms with Gasteiger partial charge in [-0.2, -0.15) is 0 Å². The Morgan fingerprint density at radius 3 is 2.85 bits per heavy atom. The van der Waals surface area contributed by atoms with Crippen molar-refractivity contribution < 1.29 is 14.6 Å². The van der Waals surface area contributed by atoms with Crippen molar-refractivity contribution in [2.75, 3.05) is 26.3 Å². The Hall–Kier alpha value is -0.650. The minimum atomic E-state index is -0.952. The van der Waals surface area contributed by atoms with Crippen LogP contribution in [0.4, 0.5) is 0 Å². The van der Waals surface area contributed by atoms with E-state index in [1.54, 1.807) is 0 Å². The van der Waals surface area contributed by atoms with Crippen LogP contribution in [-0.2, 0) is 9.53 Å². The molecule has 0 bridgehead atoms. The first-order chi connectivity index (χ1) is 6.18. The molecule has 0 saturated carbocycles. The molecule has 78 valence electrons. The van der Waals surface area contributed by atoms with E-state index in [9.17, 15) is 4.79 Å². The van der Waals surface area contributed by atoms with Gasteiger partial charge in [-0.05, 0) is 19.9 Å². The maximum absolute atomic E-state index is 10.3. The second-order valence-corrected chi connectivity index (χ2v) is 2.68. The van der Waals surface area contributed by atoms with Crippen LogP contribution in [0.3, 0.4) is 0 Å². The van der Waals surface area contributed by atoms with Crippen molar-refractivity contribution in [2.24, 2.45) is 5.73 Å². The number of rotatable bonds is 8. The topological polar surface area (TPSA) is 84.6 Å². The lowest BCUT2D eigenvalue weighted by atomic mass is 10.2. The van der Waals surface area contributed by atoms with Gasteiger partial charge in [0.25, 0.3) is 0 Å². The fraction of sp³-hybridized carbons (Fsp3) is 0.875. The SMILES string of the molecule is CCOCCNCC[C@H](N)C(=O)O. The summed E-state index contributed by atoms with van der Waals surface area (Å²) in [5, 5.41) is 11.5. The highest BCUT2D eigenvalue weighted by atomic mass is 16.5. The summed E-state index contributed by atoms with van der Waals surface area (Å²) < 4.78 is 5.08. The summed E-state index contributed by atoms with van der Waals surface area (Å²) in [5.74, 6) is -0.952. The van der Waals surface area contributed by atoms with Gasteiger partial charge in [-0.1, -0.05) is 0 Å². The highest BCUT2D eigenvalue weighted by molar-refractivity contribution is 5.72. The van der Waals surface area contributed by atoms with E-state index in [0.29, 0.717) is 26.2 Å². The number of aliphatic carboxylic acids is 1. The Labute approximate surface area is 78.3 Å². The summed E-state index contributed by atoms with van der Waals surface area (Å²) in [7, 11) is 0. The van der Waals surface area contributed by atoms with Crippen molar-refractivity contribution in [3.8, 4) is 0 Å². The van der Waals surface area contributed by atoms with Gasteiger partial charge in [-0.15, -0.1) is 0 Å². The minimum Gasteiger partial charge on any atom is -0.480 e. The molecule has 0 aliphatic carbocycles. The van der Waals surface area contributed by atoms with E-state index in [1.165, 1.54) is 0 Å². The molecule has 0 fully saturated rings. The van der Waals surface area contributed by atoms with Crippen LogP contribution >= 0.6 is 0 Å². The molecule has 0 aromatic heterocycles. The van der Waals surface area contributed by atoms with Crippen molar-refractivity contribution in [3.05, 3.63) is 0 Å². The van der Waals surface area contributed by atoms with Gasteiger partial charge in [0, 0.05) is 13.2 Å². The van der Waals surface area contributed by atoms with E-state index in [1.807, 2.05) is 6.92 Å². The van der Waals surface area contributed by atoms with Crippen LogP contribution in [0.2, 0.25) is 0 Å². The van der Waals surface area contributed by atoms with Crippen LogP contribution in [0.25, 0.3) is 0 Å². The van der Waals surface area contributed by atoms with Crippen molar-refractivity contribution in [2.45, 2.75) is 19.4 Å². The fourth-order valence-corrected chi connectivity index (χ4v) is 0.795. The summed E-state index contributed by atoms with van der Waals surface area (Å²) in [6.45, 7) is 4.64. The predicted molar refractivity (Wildman–Crippen MR) is 49.6 cm³/mol. The number of ether oxygens (including phenoxy) is 1. The molecular formula is C8H18N2O3. The smallest absolute Gasteiger partial charge is 0.320 e. The molecule has 0 aromatic rings. The van der Waals surface area contributed by atoms with Crippen LogP contribution < -0.4 is 11.1 Å². The average Bonchev–Trinajstić information content (AvgIpc) is 2.10. The van der Waals surface area contributed by atoms with Crippen molar-refractivity contribution >= 4 is 5.97 Å². The molecule has 0 heterocycles. The number of nitrogens with one attached hydrogen (secondary N) is 1. The van der Waals surface area contributed by atoms with E-state index in [-0.39, 0.29) is 0 Å². The van der Waals surface area contributed by atoms with Crippen LogP contribution in [0, 0.1) is 0 Å². The Balaban J connectivity index is 3.11. The molecule has 1 atom stereocenters. The molecule has 0 aromatic carbocycles. The van der Waals surface area contributed by atoms with Gasteiger partial charge in [-0.3, -0.25) is 4.79 Å². The summed E-state index contributed by atoms with van der Waals surface area (Å²) in [4.78, 5) is 10.3. The van der Waals surface area contributed by atoms with E-state index < -0.39 is 12.0 Å². The molecule has 0 rings (SSSR count). The molecule has 5 heteroatoms. The first-order valence-corrected chi connectivity index (χ1v) is 4.45. The molecule has 0 aliphatic heterocycles. The van der Waals surface area contributed by atoms with Gasteiger partial charge >= 0.3 is 5.97 Å². The highest BCUT2D eigenvalue weighted by Crippen LogP contribution is 1.85. The monoisotopic (exact) mass is 190 g/mol. The molecule has 13 heavy (non-hydrogen) atoms. The fourth-order valence-electron chi connectivity index (χ4n) is 0.795. The largest absolute Gasteiger partial charge is 0.480 e. The van der Waals surface area contributed by atoms with Gasteiger partial charge < -0.3 is 20.9 Å². The third kappa shape index (κ3) is 7.70. The van der Waals surface area contributed by atoms with E-state index in [0.717, 1.165) is 6.54 Å². The Bertz CT molecular complexity index is 141. The number of nitrogens with two attached hydrogens (primary N) is 1. The highest BCUT2D eigenvalue weighted by Gasteiger charge is 2.09. The second-order valence-electron chi connectivity index (χ2n) is 2.68. The van der Waals surface area contributed by atoms with E-state index in [2.05, 4.69) is 5.32 Å². The first kappa shape index (κ1) is 12.3. The predicted octanol–water partition coefficient (Wildman–Crippen LogP) is -0.585. The van der Waals surface area contributed by atoms with Gasteiger partial charge in [0.15, 0.2) is 0 Å². The Morgan fingerprint density at radius 1 is 1.62 bits per heavy atom. The molecular weight excluding hydrogens is 172 g/mol. The van der Waals surface area contributed by atoms with Crippen LogP contribution in [-0.4, -0.2) is 43.4 Å². The van der Waals surface area contributed by atoms with E-state index >= 15 is 0 Å². The lowest BCUT2D eigenvalue weighted by Gasteiger charge is -2.07. The lowest BCUT2D eigenvalue weighted by molar-refractivity contribution is -0.138. The van der Waals surface area contributed by atoms with Gasteiger partial charge in [0.05, 0.1) is 6.61 Å². The standard InChI is InChI=1S/C8H18N2O3/c1-2-13-6-5-10-4-3-7(9)8(11)12/h7,10H,2-6,9H2,1H3,(H,11,12)/t7-/m0/s1. The molecule has 5 nitrogen and oxygen atoms in total. The molecule has 0 spiro atoms. The molecule has 0 radical (unpaired) electrons. The molecule has 0 amide bonds. The lowest BCUT2D eigenvalue weighted by Crippen LogP contribution is -2.34. The second kappa shape index (κ2) is 7.97. The number of hydrogen-bond donors (Lipinski definition) is 3. The zero-order valence-corrected chi connectivity index (χ0v) is 7.95. The minimum absolute atomic E-state index is 0.446. The summed E-state index contributed by atoms with van der Waals surface area (Å²) in [6.07, 6.45) is 0.446. The Morgan fingerprint density at radius 2 is 2.31 bits per heavy atom. The number of carboxylic acids is 1. The van der Waals surface area contributed by atoms with E-state index in [4.69, 9.17) is 15.6 Å². The van der Waals surface area contributed by atoms with Crippen LogP contribution in [0.1, 0.15) is 13.3 Å². The van der Waals surface area contributed by atoms with Crippen molar-refractivity contribution in [1.29, 1.82) is 0 Å². The third-order valence-corrected chi connectivity index (χ3v) is 1.58. The van der Waals surface area contributed by atoms with Gasteiger partial charge in [-0.25, -0.2) is 0 Å². The zero-order valence-electron chi connectivity index (χ0n) is 7.95. The maximum atomic E-state index is 10.3. The number of carbonyl (C=O) groups is 1. The molecule has 0 aliphatic rings. The van der Waals surface area contributed by atoms with Gasteiger partial charge in [0.2, 0.25) is 0 Å². The summed E-state index contributed by atoms with van der Waals surface area (Å²) in [6, 6.07) is -0.764. The van der Waals surface area contributed by atoms with Crippen molar-refractivity contribution in [3.63, 3.8) is 0 Å². The van der Waals surface area contributed by atoms with Gasteiger partial charge in [0.1, 0.15) is 6.04 Å². The van der Waals surface area contributed by atoms with Crippen LogP contribution in [0.15, 0.2) is 0 Å². The third-order valence-electron chi connectivity index (χ3n) is 1.58. The first-order valence-electron chi connectivity index (χ1n) is 4.45. The molecule has 4 N–H and O–H groups in total. The maximum Gasteiger partial charge on any atom is 0.320 e. The van der Waals surface area contributed by atoms with Crippen LogP contribution in [0.5, 0.6) is 0 Å². The Kier molecular flexibility index (Phi) is 7.57. The number of carboxylic acid groups (broad SMARTS) is 1. The normalized spacial score (nSPS) is 12.8. The summed E-state index contributed by atoms with van der Waals surface area (Å²) in [5.41, 5.74) is 5.29. The summed E-state index contributed by atoms with van der Waals surface area (Å²) >= 11 is 0.